The molecule has 0 bridgehead atoms. The normalized spacial score (nSPS) is 26.3. The maximum Gasteiger partial charge on any atom is 0.123 e. The van der Waals surface area contributed by atoms with Crippen LogP contribution < -0.4 is 10.5 Å². The Kier molecular flexibility index (Phi) is 5.62. The van der Waals surface area contributed by atoms with Crippen LogP contribution in [0.15, 0.2) is 24.3 Å². The molecule has 1 heterocycles. The van der Waals surface area contributed by atoms with Crippen LogP contribution in [0, 0.1) is 5.92 Å². The van der Waals surface area contributed by atoms with Crippen molar-refractivity contribution in [2.45, 2.75) is 44.9 Å². The number of rotatable bonds is 5. The number of para-hydroxylation sites is 1. The van der Waals surface area contributed by atoms with Gasteiger partial charge in [0.15, 0.2) is 0 Å². The summed E-state index contributed by atoms with van der Waals surface area (Å²) in [4.78, 5) is 2.41. The number of hydrogen-bond acceptors (Lipinski definition) is 4. The van der Waals surface area contributed by atoms with Crippen molar-refractivity contribution < 1.29 is 9.84 Å². The van der Waals surface area contributed by atoms with E-state index in [0.29, 0.717) is 0 Å². The van der Waals surface area contributed by atoms with E-state index in [2.05, 4.69) is 24.8 Å². The average Bonchev–Trinajstić information content (AvgIpc) is 2.51. The minimum atomic E-state index is -0.197. The summed E-state index contributed by atoms with van der Waals surface area (Å²) in [5.74, 6) is 1.17. The molecule has 21 heavy (non-hydrogen) atoms. The van der Waals surface area contributed by atoms with Gasteiger partial charge in [-0.1, -0.05) is 32.0 Å². The molecule has 3 N–H and O–H groups in total. The Balaban J connectivity index is 2.30. The molecule has 0 spiro atoms. The van der Waals surface area contributed by atoms with Crippen molar-refractivity contribution in [3.8, 4) is 5.75 Å². The van der Waals surface area contributed by atoms with E-state index in [1.165, 1.54) is 0 Å². The quantitative estimate of drug-likeness (QED) is 0.873. The highest BCUT2D eigenvalue weighted by Gasteiger charge is 2.33. The fourth-order valence-electron chi connectivity index (χ4n) is 3.25. The summed E-state index contributed by atoms with van der Waals surface area (Å²) in [7, 11) is 1.70. The molecule has 1 aromatic carbocycles. The molecular formula is C17H28N2O2. The summed E-state index contributed by atoms with van der Waals surface area (Å²) in [5.41, 5.74) is 7.57. The van der Waals surface area contributed by atoms with E-state index in [4.69, 9.17) is 10.5 Å². The maximum absolute atomic E-state index is 9.96. The van der Waals surface area contributed by atoms with Crippen LogP contribution >= 0.6 is 0 Å². The van der Waals surface area contributed by atoms with Crippen molar-refractivity contribution in [3.63, 3.8) is 0 Å². The number of benzene rings is 1. The Labute approximate surface area is 127 Å². The summed E-state index contributed by atoms with van der Waals surface area (Å²) >= 11 is 0. The largest absolute Gasteiger partial charge is 0.496 e. The van der Waals surface area contributed by atoms with Gasteiger partial charge in [0.2, 0.25) is 0 Å². The van der Waals surface area contributed by atoms with E-state index in [9.17, 15) is 5.11 Å². The zero-order chi connectivity index (χ0) is 15.4. The number of nitrogens with zero attached hydrogens (tertiary/aromatic N) is 1. The molecule has 2 rings (SSSR count). The van der Waals surface area contributed by atoms with E-state index in [0.717, 1.165) is 37.2 Å². The number of ether oxygens (including phenoxy) is 1. The number of aliphatic hydroxyl groups is 1. The second-order valence-corrected chi connectivity index (χ2v) is 6.09. The van der Waals surface area contributed by atoms with Crippen LogP contribution in [0.4, 0.5) is 0 Å². The highest BCUT2D eigenvalue weighted by atomic mass is 16.5. The molecule has 1 aliphatic heterocycles. The smallest absolute Gasteiger partial charge is 0.123 e. The summed E-state index contributed by atoms with van der Waals surface area (Å²) < 4.78 is 5.53. The molecule has 1 fully saturated rings. The lowest BCUT2D eigenvalue weighted by Crippen LogP contribution is -2.48. The Bertz CT molecular complexity index is 452. The minimum Gasteiger partial charge on any atom is -0.496 e. The van der Waals surface area contributed by atoms with Crippen molar-refractivity contribution in [3.05, 3.63) is 29.8 Å². The molecule has 0 aliphatic carbocycles. The van der Waals surface area contributed by atoms with Crippen molar-refractivity contribution in [2.75, 3.05) is 20.2 Å². The fourth-order valence-corrected chi connectivity index (χ4v) is 3.25. The van der Waals surface area contributed by atoms with Crippen LogP contribution in [0.1, 0.15) is 38.3 Å². The van der Waals surface area contributed by atoms with Crippen LogP contribution in [0.2, 0.25) is 0 Å². The van der Waals surface area contributed by atoms with Crippen LogP contribution in [0.5, 0.6) is 5.75 Å². The molecule has 4 nitrogen and oxygen atoms in total. The predicted molar refractivity (Wildman–Crippen MR) is 85.4 cm³/mol. The number of hydrogen-bond donors (Lipinski definition) is 2. The van der Waals surface area contributed by atoms with E-state index in [1.54, 1.807) is 7.11 Å². The standard InChI is InChI=1S/C17H28N2O2/c1-4-14(18)17(13-7-5-6-8-16(13)21-3)19-10-9-15(20)12(2)11-19/h5-8,12,14-15,17,20H,4,9-11,18H2,1-3H3. The first-order valence-corrected chi connectivity index (χ1v) is 7.89. The van der Waals surface area contributed by atoms with Gasteiger partial charge >= 0.3 is 0 Å². The molecule has 4 atom stereocenters. The van der Waals surface area contributed by atoms with E-state index in [1.807, 2.05) is 18.2 Å². The van der Waals surface area contributed by atoms with Crippen LogP contribution in [-0.4, -0.2) is 42.4 Å². The number of methoxy groups -OCH3 is 1. The summed E-state index contributed by atoms with van der Waals surface area (Å²) in [5, 5.41) is 9.96. The lowest BCUT2D eigenvalue weighted by atomic mass is 9.90. The van der Waals surface area contributed by atoms with E-state index >= 15 is 0 Å². The molecule has 1 aromatic rings. The number of aliphatic hydroxyl groups excluding tert-OH is 1. The van der Waals surface area contributed by atoms with E-state index in [-0.39, 0.29) is 24.1 Å². The van der Waals surface area contributed by atoms with Crippen LogP contribution in [-0.2, 0) is 0 Å². The number of nitrogens with two attached hydrogens (primary N) is 1. The Morgan fingerprint density at radius 1 is 1.43 bits per heavy atom. The molecule has 4 heteroatoms. The van der Waals surface area contributed by atoms with Crippen molar-refractivity contribution in [1.29, 1.82) is 0 Å². The third-order valence-corrected chi connectivity index (χ3v) is 4.62. The molecule has 0 saturated carbocycles. The first-order chi connectivity index (χ1) is 10.1. The molecule has 0 aromatic heterocycles. The summed E-state index contributed by atoms with van der Waals surface area (Å²) in [6, 6.07) is 8.32. The Morgan fingerprint density at radius 3 is 2.76 bits per heavy atom. The molecule has 4 unspecified atom stereocenters. The van der Waals surface area contributed by atoms with Gasteiger partial charge in [0.1, 0.15) is 5.75 Å². The molecule has 118 valence electrons. The van der Waals surface area contributed by atoms with Gasteiger partial charge in [-0.2, -0.15) is 0 Å². The molecule has 1 saturated heterocycles. The second kappa shape index (κ2) is 7.25. The topological polar surface area (TPSA) is 58.7 Å². The SMILES string of the molecule is CCC(N)C(c1ccccc1OC)N1CCC(O)C(C)C1. The Hall–Kier alpha value is -1.10. The average molecular weight is 292 g/mol. The predicted octanol–water partition coefficient (Wildman–Crippen LogP) is 2.18. The summed E-state index contributed by atoms with van der Waals surface area (Å²) in [6.45, 7) is 5.97. The molecular weight excluding hydrogens is 264 g/mol. The lowest BCUT2D eigenvalue weighted by Gasteiger charge is -2.42. The highest BCUT2D eigenvalue weighted by Crippen LogP contribution is 2.34. The first-order valence-electron chi connectivity index (χ1n) is 7.89. The van der Waals surface area contributed by atoms with Gasteiger partial charge in [-0.3, -0.25) is 4.90 Å². The van der Waals surface area contributed by atoms with Crippen LogP contribution in [0.25, 0.3) is 0 Å². The van der Waals surface area contributed by atoms with Gasteiger partial charge in [-0.05, 0) is 24.8 Å². The zero-order valence-electron chi connectivity index (χ0n) is 13.3. The maximum atomic E-state index is 9.96. The molecule has 0 radical (unpaired) electrons. The number of likely N-dealkylation sites (tertiary alicyclic amines) is 1. The van der Waals surface area contributed by atoms with E-state index < -0.39 is 0 Å². The number of piperidine rings is 1. The second-order valence-electron chi connectivity index (χ2n) is 6.09. The first kappa shape index (κ1) is 16.3. The van der Waals surface area contributed by atoms with Crippen molar-refractivity contribution in [2.24, 2.45) is 11.7 Å². The van der Waals surface area contributed by atoms with Crippen molar-refractivity contribution in [1.82, 2.24) is 4.90 Å². The van der Waals surface area contributed by atoms with Gasteiger partial charge in [-0.25, -0.2) is 0 Å². The fraction of sp³-hybridized carbons (Fsp3) is 0.647. The van der Waals surface area contributed by atoms with Gasteiger partial charge in [0.05, 0.1) is 19.3 Å². The van der Waals surface area contributed by atoms with Crippen molar-refractivity contribution >= 4 is 0 Å². The zero-order valence-corrected chi connectivity index (χ0v) is 13.3. The van der Waals surface area contributed by atoms with Gasteiger partial charge < -0.3 is 15.6 Å². The van der Waals surface area contributed by atoms with Crippen LogP contribution in [0.3, 0.4) is 0 Å². The van der Waals surface area contributed by atoms with Gasteiger partial charge in [0, 0.05) is 24.7 Å². The molecule has 1 aliphatic rings. The molecule has 0 amide bonds. The van der Waals surface area contributed by atoms with Gasteiger partial charge in [0.25, 0.3) is 0 Å². The van der Waals surface area contributed by atoms with Gasteiger partial charge in [-0.15, -0.1) is 0 Å². The lowest BCUT2D eigenvalue weighted by molar-refractivity contribution is 0.0108. The highest BCUT2D eigenvalue weighted by molar-refractivity contribution is 5.37. The third-order valence-electron chi connectivity index (χ3n) is 4.62. The summed E-state index contributed by atoms with van der Waals surface area (Å²) in [6.07, 6.45) is 1.52. The Morgan fingerprint density at radius 2 is 2.14 bits per heavy atom. The third kappa shape index (κ3) is 3.57. The monoisotopic (exact) mass is 292 g/mol. The minimum absolute atomic E-state index is 0.0590.